The SMILES string of the molecule is Cc1cc(/C=C(\OC2CCCCO2)C(=O)O)cc(C)c1OC(=O)OCc1ccccc1. The number of aryl methyl sites for hydroxylation is 2. The Bertz CT molecular complexity index is 921. The highest BCUT2D eigenvalue weighted by Crippen LogP contribution is 2.27. The summed E-state index contributed by atoms with van der Waals surface area (Å²) < 4.78 is 21.5. The van der Waals surface area contributed by atoms with Crippen LogP contribution in [0.2, 0.25) is 0 Å². The Labute approximate surface area is 181 Å². The summed E-state index contributed by atoms with van der Waals surface area (Å²) >= 11 is 0. The van der Waals surface area contributed by atoms with Crippen molar-refractivity contribution in [3.05, 3.63) is 70.5 Å². The standard InChI is InChI=1S/C24H26O7/c1-16-12-19(14-20(23(25)26)30-21-10-6-7-11-28-21)13-17(2)22(16)31-24(27)29-15-18-8-4-3-5-9-18/h3-5,8-9,12-14,21H,6-7,10-11,15H2,1-2H3,(H,25,26)/b20-14-. The van der Waals surface area contributed by atoms with E-state index in [1.54, 1.807) is 26.0 Å². The summed E-state index contributed by atoms with van der Waals surface area (Å²) in [6.45, 7) is 4.22. The van der Waals surface area contributed by atoms with Crippen molar-refractivity contribution in [1.29, 1.82) is 0 Å². The first-order valence-corrected chi connectivity index (χ1v) is 10.2. The molecule has 164 valence electrons. The number of carbonyl (C=O) groups is 2. The molecule has 2 aromatic rings. The molecule has 1 atom stereocenters. The molecule has 1 fully saturated rings. The van der Waals surface area contributed by atoms with E-state index < -0.39 is 18.4 Å². The molecule has 0 bridgehead atoms. The molecule has 7 nitrogen and oxygen atoms in total. The van der Waals surface area contributed by atoms with Crippen LogP contribution < -0.4 is 4.74 Å². The van der Waals surface area contributed by atoms with E-state index in [4.69, 9.17) is 18.9 Å². The van der Waals surface area contributed by atoms with Crippen LogP contribution in [0, 0.1) is 13.8 Å². The smallest absolute Gasteiger partial charge is 0.475 e. The van der Waals surface area contributed by atoms with Gasteiger partial charge in [0.25, 0.3) is 0 Å². The van der Waals surface area contributed by atoms with Gasteiger partial charge in [0.2, 0.25) is 5.76 Å². The summed E-state index contributed by atoms with van der Waals surface area (Å²) in [6.07, 6.45) is 2.61. The average Bonchev–Trinajstić information content (AvgIpc) is 2.76. The van der Waals surface area contributed by atoms with Gasteiger partial charge in [0.15, 0.2) is 6.29 Å². The molecule has 1 aliphatic heterocycles. The Morgan fingerprint density at radius 1 is 1.13 bits per heavy atom. The number of benzene rings is 2. The highest BCUT2D eigenvalue weighted by Gasteiger charge is 2.20. The maximum atomic E-state index is 12.1. The van der Waals surface area contributed by atoms with E-state index in [0.29, 0.717) is 35.5 Å². The van der Waals surface area contributed by atoms with E-state index >= 15 is 0 Å². The van der Waals surface area contributed by atoms with Crippen molar-refractivity contribution < 1.29 is 33.6 Å². The Morgan fingerprint density at radius 3 is 2.45 bits per heavy atom. The molecule has 2 aromatic carbocycles. The van der Waals surface area contributed by atoms with E-state index in [2.05, 4.69) is 0 Å². The van der Waals surface area contributed by atoms with Gasteiger partial charge in [0, 0.05) is 6.42 Å². The minimum Gasteiger partial charge on any atom is -0.475 e. The second kappa shape index (κ2) is 10.6. The largest absolute Gasteiger partial charge is 0.514 e. The average molecular weight is 426 g/mol. The van der Waals surface area contributed by atoms with Crippen LogP contribution in [0.5, 0.6) is 5.75 Å². The zero-order valence-electron chi connectivity index (χ0n) is 17.6. The zero-order valence-corrected chi connectivity index (χ0v) is 17.6. The third kappa shape index (κ3) is 6.58. The van der Waals surface area contributed by atoms with Gasteiger partial charge in [-0.2, -0.15) is 0 Å². The highest BCUT2D eigenvalue weighted by molar-refractivity contribution is 5.90. The number of hydrogen-bond acceptors (Lipinski definition) is 6. The van der Waals surface area contributed by atoms with Crippen LogP contribution >= 0.6 is 0 Å². The summed E-state index contributed by atoms with van der Waals surface area (Å²) in [7, 11) is 0. The molecule has 0 spiro atoms. The van der Waals surface area contributed by atoms with E-state index in [1.807, 2.05) is 30.3 Å². The van der Waals surface area contributed by atoms with Gasteiger partial charge < -0.3 is 24.1 Å². The van der Waals surface area contributed by atoms with E-state index in [9.17, 15) is 14.7 Å². The summed E-state index contributed by atoms with van der Waals surface area (Å²) in [5.41, 5.74) is 2.81. The van der Waals surface area contributed by atoms with E-state index in [0.717, 1.165) is 18.4 Å². The first-order valence-electron chi connectivity index (χ1n) is 10.2. The summed E-state index contributed by atoms with van der Waals surface area (Å²) in [4.78, 5) is 23.7. The number of rotatable bonds is 7. The second-order valence-electron chi connectivity index (χ2n) is 7.34. The van der Waals surface area contributed by atoms with Crippen LogP contribution in [-0.2, 0) is 25.6 Å². The quantitative estimate of drug-likeness (QED) is 0.289. The number of hydrogen-bond donors (Lipinski definition) is 1. The van der Waals surface area contributed by atoms with E-state index in [1.165, 1.54) is 6.08 Å². The predicted octanol–water partition coefficient (Wildman–Crippen LogP) is 4.99. The van der Waals surface area contributed by atoms with Gasteiger partial charge >= 0.3 is 12.1 Å². The van der Waals surface area contributed by atoms with Gasteiger partial charge in [-0.15, -0.1) is 0 Å². The predicted molar refractivity (Wildman–Crippen MR) is 113 cm³/mol. The van der Waals surface area contributed by atoms with Crippen molar-refractivity contribution in [3.63, 3.8) is 0 Å². The molecule has 0 aliphatic carbocycles. The van der Waals surface area contributed by atoms with Gasteiger partial charge in [0.05, 0.1) is 6.61 Å². The first kappa shape index (κ1) is 22.4. The van der Waals surface area contributed by atoms with E-state index in [-0.39, 0.29) is 12.4 Å². The fraction of sp³-hybridized carbons (Fsp3) is 0.333. The van der Waals surface area contributed by atoms with Crippen molar-refractivity contribution in [2.45, 2.75) is 46.0 Å². The van der Waals surface area contributed by atoms with Crippen LogP contribution in [0.15, 0.2) is 48.2 Å². The summed E-state index contributed by atoms with van der Waals surface area (Å²) in [5.74, 6) is -0.987. The number of carboxylic acids is 1. The molecule has 1 unspecified atom stereocenters. The normalized spacial score (nSPS) is 16.5. The monoisotopic (exact) mass is 426 g/mol. The maximum absolute atomic E-state index is 12.1. The number of aliphatic carboxylic acids is 1. The first-order chi connectivity index (χ1) is 14.9. The van der Waals surface area contributed by atoms with Gasteiger partial charge in [-0.25, -0.2) is 9.59 Å². The molecule has 0 amide bonds. The number of carbonyl (C=O) groups excluding carboxylic acids is 1. The molecule has 0 aromatic heterocycles. The molecule has 1 aliphatic rings. The minimum absolute atomic E-state index is 0.112. The molecule has 0 radical (unpaired) electrons. The topological polar surface area (TPSA) is 91.3 Å². The fourth-order valence-electron chi connectivity index (χ4n) is 3.30. The molecule has 0 saturated carbocycles. The molecule has 1 saturated heterocycles. The number of ether oxygens (including phenoxy) is 4. The van der Waals surface area contributed by atoms with Gasteiger partial charge in [-0.3, -0.25) is 0 Å². The lowest BCUT2D eigenvalue weighted by molar-refractivity contribution is -0.159. The lowest BCUT2D eigenvalue weighted by atomic mass is 10.0. The molecule has 7 heteroatoms. The van der Waals surface area contributed by atoms with Gasteiger partial charge in [-0.1, -0.05) is 30.3 Å². The second-order valence-corrected chi connectivity index (χ2v) is 7.34. The highest BCUT2D eigenvalue weighted by atomic mass is 16.7. The third-order valence-corrected chi connectivity index (χ3v) is 4.77. The lowest BCUT2D eigenvalue weighted by Crippen LogP contribution is -2.24. The van der Waals surface area contributed by atoms with Crippen LogP contribution in [0.25, 0.3) is 6.08 Å². The molecular formula is C24H26O7. The van der Waals surface area contributed by atoms with Crippen LogP contribution in [0.3, 0.4) is 0 Å². The van der Waals surface area contributed by atoms with Gasteiger partial charge in [0.1, 0.15) is 12.4 Å². The maximum Gasteiger partial charge on any atom is 0.514 e. The van der Waals surface area contributed by atoms with Gasteiger partial charge in [-0.05, 0) is 67.2 Å². The van der Waals surface area contributed by atoms with Crippen molar-refractivity contribution in [1.82, 2.24) is 0 Å². The molecule has 1 heterocycles. The minimum atomic E-state index is -1.17. The van der Waals surface area contributed by atoms with Crippen molar-refractivity contribution in [2.75, 3.05) is 6.61 Å². The molecular weight excluding hydrogens is 400 g/mol. The summed E-state index contributed by atoms with van der Waals surface area (Å²) in [6, 6.07) is 12.8. The lowest BCUT2D eigenvalue weighted by Gasteiger charge is -2.23. The third-order valence-electron chi connectivity index (χ3n) is 4.77. The molecule has 1 N–H and O–H groups in total. The zero-order chi connectivity index (χ0) is 22.2. The Morgan fingerprint density at radius 2 is 1.84 bits per heavy atom. The fourth-order valence-corrected chi connectivity index (χ4v) is 3.30. The van der Waals surface area contributed by atoms with Crippen molar-refractivity contribution in [3.8, 4) is 5.75 Å². The Hall–Kier alpha value is -3.32. The van der Waals surface area contributed by atoms with Crippen LogP contribution in [-0.4, -0.2) is 30.1 Å². The number of carboxylic acid groups (broad SMARTS) is 1. The van der Waals surface area contributed by atoms with Crippen LogP contribution in [0.1, 0.15) is 41.5 Å². The van der Waals surface area contributed by atoms with Crippen molar-refractivity contribution in [2.24, 2.45) is 0 Å². The molecule has 31 heavy (non-hydrogen) atoms. The molecule has 3 rings (SSSR count). The summed E-state index contributed by atoms with van der Waals surface area (Å²) in [5, 5.41) is 9.50. The van der Waals surface area contributed by atoms with Crippen LogP contribution in [0.4, 0.5) is 4.79 Å². The van der Waals surface area contributed by atoms with Crippen molar-refractivity contribution >= 4 is 18.2 Å². The Balaban J connectivity index is 1.68. The Kier molecular flexibility index (Phi) is 7.67.